The summed E-state index contributed by atoms with van der Waals surface area (Å²) in [7, 11) is 2.00. The van der Waals surface area contributed by atoms with Gasteiger partial charge >= 0.3 is 0 Å². The summed E-state index contributed by atoms with van der Waals surface area (Å²) < 4.78 is 0. The lowest BCUT2D eigenvalue weighted by molar-refractivity contribution is 0.677. The van der Waals surface area contributed by atoms with Crippen LogP contribution < -0.4 is 5.32 Å². The van der Waals surface area contributed by atoms with E-state index in [9.17, 15) is 0 Å². The molecule has 74 valence electrons. The third-order valence-electron chi connectivity index (χ3n) is 1.99. The van der Waals surface area contributed by atoms with Crippen LogP contribution in [0, 0.1) is 0 Å². The smallest absolute Gasteiger partial charge is 0.00518 e. The highest BCUT2D eigenvalue weighted by molar-refractivity contribution is 5.85. The minimum Gasteiger partial charge on any atom is -0.320 e. The Kier molecular flexibility index (Phi) is 7.76. The quantitative estimate of drug-likeness (QED) is 0.720. The third kappa shape index (κ3) is 5.67. The molecule has 0 aliphatic rings. The minimum atomic E-state index is 0. The van der Waals surface area contributed by atoms with Crippen LogP contribution in [0.2, 0.25) is 0 Å². The molecule has 1 N–H and O–H groups in total. The molecule has 2 heteroatoms. The van der Waals surface area contributed by atoms with E-state index in [1.165, 1.54) is 24.8 Å². The van der Waals surface area contributed by atoms with Gasteiger partial charge in [-0.2, -0.15) is 0 Å². The molecule has 0 saturated carbocycles. The number of halogens is 1. The maximum atomic E-state index is 3.15. The number of rotatable bonds is 5. The van der Waals surface area contributed by atoms with Crippen molar-refractivity contribution in [1.82, 2.24) is 5.32 Å². The molecular weight excluding hydrogens is 182 g/mol. The fourth-order valence-corrected chi connectivity index (χ4v) is 1.28. The van der Waals surface area contributed by atoms with Gasteiger partial charge in [0.05, 0.1) is 0 Å². The Balaban J connectivity index is 0.00000144. The van der Waals surface area contributed by atoms with Crippen molar-refractivity contribution in [2.75, 3.05) is 13.6 Å². The molecular formula is C11H18ClN. The van der Waals surface area contributed by atoms with Crippen LogP contribution in [0.25, 0.3) is 0 Å². The number of hydrogen-bond acceptors (Lipinski definition) is 1. The third-order valence-corrected chi connectivity index (χ3v) is 1.99. The van der Waals surface area contributed by atoms with E-state index in [0.717, 1.165) is 6.54 Å². The minimum absolute atomic E-state index is 0. The molecule has 0 heterocycles. The summed E-state index contributed by atoms with van der Waals surface area (Å²) in [6.07, 6.45) is 3.76. The lowest BCUT2D eigenvalue weighted by Gasteiger charge is -2.00. The maximum absolute atomic E-state index is 3.15. The van der Waals surface area contributed by atoms with E-state index in [1.54, 1.807) is 0 Å². The second-order valence-electron chi connectivity index (χ2n) is 3.05. The molecule has 0 aromatic heterocycles. The summed E-state index contributed by atoms with van der Waals surface area (Å²) in [6, 6.07) is 10.7. The second kappa shape index (κ2) is 8.09. The number of hydrogen-bond donors (Lipinski definition) is 1. The van der Waals surface area contributed by atoms with E-state index < -0.39 is 0 Å². The Morgan fingerprint density at radius 3 is 2.38 bits per heavy atom. The van der Waals surface area contributed by atoms with Crippen LogP contribution in [0.3, 0.4) is 0 Å². The van der Waals surface area contributed by atoms with Crippen molar-refractivity contribution in [3.8, 4) is 0 Å². The Labute approximate surface area is 87.0 Å². The van der Waals surface area contributed by atoms with Crippen LogP contribution in [0.5, 0.6) is 0 Å². The van der Waals surface area contributed by atoms with Crippen LogP contribution in [0.1, 0.15) is 18.4 Å². The monoisotopic (exact) mass is 199 g/mol. The van der Waals surface area contributed by atoms with E-state index in [1.807, 2.05) is 7.05 Å². The summed E-state index contributed by atoms with van der Waals surface area (Å²) in [5.41, 5.74) is 1.45. The van der Waals surface area contributed by atoms with Gasteiger partial charge in [0.2, 0.25) is 0 Å². The van der Waals surface area contributed by atoms with Gasteiger partial charge in [0.25, 0.3) is 0 Å². The highest BCUT2D eigenvalue weighted by Crippen LogP contribution is 2.03. The fourth-order valence-electron chi connectivity index (χ4n) is 1.28. The maximum Gasteiger partial charge on any atom is -0.00518 e. The van der Waals surface area contributed by atoms with E-state index in [2.05, 4.69) is 35.6 Å². The molecule has 0 atom stereocenters. The molecule has 0 spiro atoms. The molecule has 0 fully saturated rings. The van der Waals surface area contributed by atoms with Crippen LogP contribution >= 0.6 is 12.4 Å². The van der Waals surface area contributed by atoms with Crippen molar-refractivity contribution in [1.29, 1.82) is 0 Å². The van der Waals surface area contributed by atoms with E-state index in [-0.39, 0.29) is 12.4 Å². The van der Waals surface area contributed by atoms with Crippen molar-refractivity contribution in [3.63, 3.8) is 0 Å². The summed E-state index contributed by atoms with van der Waals surface area (Å²) in [4.78, 5) is 0. The van der Waals surface area contributed by atoms with Crippen molar-refractivity contribution in [2.24, 2.45) is 0 Å². The fraction of sp³-hybridized carbons (Fsp3) is 0.455. The standard InChI is InChI=1S/C11H17N.ClH/c1-12-10-6-5-9-11-7-3-2-4-8-11;/h2-4,7-8,12H,5-6,9-10H2,1H3;1H. The predicted octanol–water partition coefficient (Wildman–Crippen LogP) is 2.65. The van der Waals surface area contributed by atoms with Crippen LogP contribution in [0.15, 0.2) is 30.3 Å². The molecule has 0 unspecified atom stereocenters. The zero-order chi connectivity index (χ0) is 8.65. The molecule has 1 aromatic carbocycles. The zero-order valence-corrected chi connectivity index (χ0v) is 8.94. The van der Waals surface area contributed by atoms with Crippen molar-refractivity contribution in [2.45, 2.75) is 19.3 Å². The molecule has 0 radical (unpaired) electrons. The van der Waals surface area contributed by atoms with Gasteiger partial charge in [0, 0.05) is 0 Å². The highest BCUT2D eigenvalue weighted by atomic mass is 35.5. The van der Waals surface area contributed by atoms with Gasteiger partial charge in [-0.3, -0.25) is 0 Å². The van der Waals surface area contributed by atoms with Crippen LogP contribution in [0.4, 0.5) is 0 Å². The van der Waals surface area contributed by atoms with Gasteiger partial charge in [-0.15, -0.1) is 12.4 Å². The van der Waals surface area contributed by atoms with Gasteiger partial charge in [-0.25, -0.2) is 0 Å². The zero-order valence-electron chi connectivity index (χ0n) is 8.12. The first kappa shape index (κ1) is 12.5. The molecule has 0 amide bonds. The first-order chi connectivity index (χ1) is 5.93. The molecule has 1 rings (SSSR count). The van der Waals surface area contributed by atoms with Gasteiger partial charge < -0.3 is 5.32 Å². The van der Waals surface area contributed by atoms with Crippen LogP contribution in [-0.2, 0) is 6.42 Å². The first-order valence-corrected chi connectivity index (χ1v) is 4.62. The summed E-state index contributed by atoms with van der Waals surface area (Å²) in [6.45, 7) is 1.13. The topological polar surface area (TPSA) is 12.0 Å². The average molecular weight is 200 g/mol. The largest absolute Gasteiger partial charge is 0.320 e. The highest BCUT2D eigenvalue weighted by Gasteiger charge is 1.90. The molecule has 0 bridgehead atoms. The Bertz CT molecular complexity index is 199. The second-order valence-corrected chi connectivity index (χ2v) is 3.05. The number of nitrogens with one attached hydrogen (secondary N) is 1. The molecule has 0 saturated heterocycles. The van der Waals surface area contributed by atoms with E-state index in [4.69, 9.17) is 0 Å². The summed E-state index contributed by atoms with van der Waals surface area (Å²) >= 11 is 0. The van der Waals surface area contributed by atoms with Gasteiger partial charge in [-0.05, 0) is 38.4 Å². The van der Waals surface area contributed by atoms with Crippen LogP contribution in [-0.4, -0.2) is 13.6 Å². The Morgan fingerprint density at radius 2 is 1.77 bits per heavy atom. The average Bonchev–Trinajstić information content (AvgIpc) is 2.14. The normalized spacial score (nSPS) is 9.31. The van der Waals surface area contributed by atoms with E-state index >= 15 is 0 Å². The van der Waals surface area contributed by atoms with Crippen molar-refractivity contribution < 1.29 is 0 Å². The first-order valence-electron chi connectivity index (χ1n) is 4.62. The molecule has 1 aromatic rings. The lowest BCUT2D eigenvalue weighted by atomic mass is 10.1. The molecule has 13 heavy (non-hydrogen) atoms. The Morgan fingerprint density at radius 1 is 1.08 bits per heavy atom. The lowest BCUT2D eigenvalue weighted by Crippen LogP contribution is -2.07. The van der Waals surface area contributed by atoms with E-state index in [0.29, 0.717) is 0 Å². The van der Waals surface area contributed by atoms with Gasteiger partial charge in [0.15, 0.2) is 0 Å². The van der Waals surface area contributed by atoms with Gasteiger partial charge in [0.1, 0.15) is 0 Å². The number of benzene rings is 1. The molecule has 0 aliphatic heterocycles. The Hall–Kier alpha value is -0.530. The van der Waals surface area contributed by atoms with Gasteiger partial charge in [-0.1, -0.05) is 30.3 Å². The summed E-state index contributed by atoms with van der Waals surface area (Å²) in [5.74, 6) is 0. The summed E-state index contributed by atoms with van der Waals surface area (Å²) in [5, 5.41) is 3.15. The number of aryl methyl sites for hydroxylation is 1. The van der Waals surface area contributed by atoms with Crippen molar-refractivity contribution in [3.05, 3.63) is 35.9 Å². The molecule has 1 nitrogen and oxygen atoms in total. The van der Waals surface area contributed by atoms with Crippen molar-refractivity contribution >= 4 is 12.4 Å². The SMILES string of the molecule is CNCCCCc1ccccc1.Cl. The number of unbranched alkanes of at least 4 members (excludes halogenated alkanes) is 1. The predicted molar refractivity (Wildman–Crippen MR) is 60.6 cm³/mol. The molecule has 0 aliphatic carbocycles.